The molecule has 0 unspecified atom stereocenters. The number of amides is 1. The zero-order valence-electron chi connectivity index (χ0n) is 11.3. The summed E-state index contributed by atoms with van der Waals surface area (Å²) in [5.74, 6) is -0.548. The minimum Gasteiger partial charge on any atom is -0.465 e. The highest BCUT2D eigenvalue weighted by Gasteiger charge is 2.28. The maximum absolute atomic E-state index is 11.4. The van der Waals surface area contributed by atoms with Crippen molar-refractivity contribution in [3.63, 3.8) is 0 Å². The number of fused-ring (bicyclic) bond motifs is 1. The summed E-state index contributed by atoms with van der Waals surface area (Å²) in [6, 6.07) is 3.27. The van der Waals surface area contributed by atoms with Crippen LogP contribution < -0.4 is 10.7 Å². The molecule has 2 aromatic rings. The van der Waals surface area contributed by atoms with E-state index >= 15 is 0 Å². The van der Waals surface area contributed by atoms with Crippen molar-refractivity contribution in [2.24, 2.45) is 0 Å². The molecule has 0 bridgehead atoms. The summed E-state index contributed by atoms with van der Waals surface area (Å²) in [4.78, 5) is 26.4. The number of benzene rings is 1. The standard InChI is InChI=1S/C13H16N2O4/c1-7-5-8(15(12(17)18)13(2,3)4)6-9-10(7)14-11(16)19-9/h5-6H,1-4H3,(H,14,16)(H,17,18). The maximum Gasteiger partial charge on any atom is 0.417 e. The SMILES string of the molecule is Cc1cc(N(C(=O)O)C(C)(C)C)cc2oc(=O)[nH]c12. The van der Waals surface area contributed by atoms with Crippen LogP contribution in [0.5, 0.6) is 0 Å². The Balaban J connectivity index is 2.67. The van der Waals surface area contributed by atoms with E-state index in [2.05, 4.69) is 4.98 Å². The first-order valence-electron chi connectivity index (χ1n) is 5.87. The Kier molecular flexibility index (Phi) is 2.88. The first kappa shape index (κ1) is 13.2. The lowest BCUT2D eigenvalue weighted by atomic mass is 10.0. The molecule has 0 fully saturated rings. The monoisotopic (exact) mass is 264 g/mol. The van der Waals surface area contributed by atoms with E-state index in [9.17, 15) is 14.7 Å². The maximum atomic E-state index is 11.4. The zero-order valence-corrected chi connectivity index (χ0v) is 11.3. The fourth-order valence-corrected chi connectivity index (χ4v) is 2.12. The van der Waals surface area contributed by atoms with Crippen LogP contribution in [-0.4, -0.2) is 21.7 Å². The third-order valence-corrected chi connectivity index (χ3v) is 2.83. The molecule has 0 atom stereocenters. The van der Waals surface area contributed by atoms with Gasteiger partial charge >= 0.3 is 11.8 Å². The fourth-order valence-electron chi connectivity index (χ4n) is 2.12. The Morgan fingerprint density at radius 3 is 2.53 bits per heavy atom. The summed E-state index contributed by atoms with van der Waals surface area (Å²) >= 11 is 0. The summed E-state index contributed by atoms with van der Waals surface area (Å²) in [6.45, 7) is 7.19. The molecule has 6 nitrogen and oxygen atoms in total. The van der Waals surface area contributed by atoms with Gasteiger partial charge in [0.1, 0.15) is 0 Å². The van der Waals surface area contributed by atoms with Gasteiger partial charge in [-0.2, -0.15) is 0 Å². The van der Waals surface area contributed by atoms with Gasteiger partial charge in [0.2, 0.25) is 0 Å². The van der Waals surface area contributed by atoms with Gasteiger partial charge in [-0.1, -0.05) is 0 Å². The zero-order chi connectivity index (χ0) is 14.4. The normalized spacial score (nSPS) is 11.8. The Hall–Kier alpha value is -2.24. The van der Waals surface area contributed by atoms with Crippen molar-refractivity contribution in [2.45, 2.75) is 33.2 Å². The molecule has 6 heteroatoms. The number of aromatic amines is 1. The lowest BCUT2D eigenvalue weighted by Crippen LogP contribution is -2.45. The van der Waals surface area contributed by atoms with Gasteiger partial charge in [0.15, 0.2) is 5.58 Å². The van der Waals surface area contributed by atoms with E-state index < -0.39 is 17.4 Å². The summed E-state index contributed by atoms with van der Waals surface area (Å²) in [5.41, 5.74) is 1.59. The van der Waals surface area contributed by atoms with E-state index in [0.717, 1.165) is 5.56 Å². The van der Waals surface area contributed by atoms with Crippen LogP contribution in [0.3, 0.4) is 0 Å². The highest BCUT2D eigenvalue weighted by atomic mass is 16.4. The van der Waals surface area contributed by atoms with Gasteiger partial charge in [0.05, 0.1) is 11.2 Å². The van der Waals surface area contributed by atoms with E-state index in [4.69, 9.17) is 4.42 Å². The first-order chi connectivity index (χ1) is 8.70. The summed E-state index contributed by atoms with van der Waals surface area (Å²) in [5, 5.41) is 9.36. The number of carbonyl (C=O) groups is 1. The molecule has 1 aromatic heterocycles. The molecular weight excluding hydrogens is 248 g/mol. The number of rotatable bonds is 1. The summed E-state index contributed by atoms with van der Waals surface area (Å²) in [6.07, 6.45) is -1.05. The molecule has 1 heterocycles. The molecule has 1 aromatic carbocycles. The molecule has 1 amide bonds. The molecule has 0 radical (unpaired) electrons. The van der Waals surface area contributed by atoms with Crippen molar-refractivity contribution in [3.8, 4) is 0 Å². The molecule has 0 saturated heterocycles. The minimum atomic E-state index is -1.05. The van der Waals surface area contributed by atoms with E-state index in [1.807, 2.05) is 0 Å². The number of nitrogens with zero attached hydrogens (tertiary/aromatic N) is 1. The van der Waals surface area contributed by atoms with Crippen LogP contribution in [0.1, 0.15) is 26.3 Å². The van der Waals surface area contributed by atoms with Crippen LogP contribution in [0.25, 0.3) is 11.1 Å². The summed E-state index contributed by atoms with van der Waals surface area (Å²) < 4.78 is 5.00. The molecule has 2 N–H and O–H groups in total. The molecule has 0 aliphatic rings. The van der Waals surface area contributed by atoms with Gasteiger partial charge in [0.25, 0.3) is 0 Å². The van der Waals surface area contributed by atoms with Gasteiger partial charge in [-0.25, -0.2) is 9.59 Å². The number of anilines is 1. The predicted molar refractivity (Wildman–Crippen MR) is 71.8 cm³/mol. The Morgan fingerprint density at radius 1 is 1.37 bits per heavy atom. The quantitative estimate of drug-likeness (QED) is 0.829. The van der Waals surface area contributed by atoms with Crippen LogP contribution in [-0.2, 0) is 0 Å². The van der Waals surface area contributed by atoms with E-state index in [1.165, 1.54) is 4.90 Å². The van der Waals surface area contributed by atoms with Crippen molar-refractivity contribution in [2.75, 3.05) is 4.90 Å². The average molecular weight is 264 g/mol. The fraction of sp³-hybridized carbons (Fsp3) is 0.385. The van der Waals surface area contributed by atoms with Crippen molar-refractivity contribution >= 4 is 22.9 Å². The number of carboxylic acid groups (broad SMARTS) is 1. The lowest BCUT2D eigenvalue weighted by molar-refractivity contribution is 0.195. The minimum absolute atomic E-state index is 0.357. The number of nitrogens with one attached hydrogen (secondary N) is 1. The van der Waals surface area contributed by atoms with Crippen molar-refractivity contribution in [1.29, 1.82) is 0 Å². The number of aromatic nitrogens is 1. The van der Waals surface area contributed by atoms with Crippen LogP contribution in [0.4, 0.5) is 10.5 Å². The van der Waals surface area contributed by atoms with Gasteiger partial charge in [0, 0.05) is 11.6 Å². The Labute approximate surface area is 109 Å². The number of hydrogen-bond acceptors (Lipinski definition) is 3. The van der Waals surface area contributed by atoms with Crippen LogP contribution in [0.15, 0.2) is 21.3 Å². The van der Waals surface area contributed by atoms with E-state index in [0.29, 0.717) is 16.8 Å². The number of oxazole rings is 1. The molecule has 19 heavy (non-hydrogen) atoms. The second kappa shape index (κ2) is 4.15. The van der Waals surface area contributed by atoms with Crippen LogP contribution in [0, 0.1) is 6.92 Å². The van der Waals surface area contributed by atoms with Crippen molar-refractivity contribution < 1.29 is 14.3 Å². The number of hydrogen-bond donors (Lipinski definition) is 2. The molecule has 0 saturated carbocycles. The lowest BCUT2D eigenvalue weighted by Gasteiger charge is -2.33. The molecule has 0 spiro atoms. The Morgan fingerprint density at radius 2 is 2.00 bits per heavy atom. The van der Waals surface area contributed by atoms with Gasteiger partial charge in [-0.05, 0) is 39.3 Å². The van der Waals surface area contributed by atoms with Gasteiger partial charge in [-0.15, -0.1) is 0 Å². The van der Waals surface area contributed by atoms with E-state index in [-0.39, 0.29) is 0 Å². The topological polar surface area (TPSA) is 86.5 Å². The van der Waals surface area contributed by atoms with Crippen LogP contribution >= 0.6 is 0 Å². The second-order valence-corrected chi connectivity index (χ2v) is 5.44. The van der Waals surface area contributed by atoms with Crippen molar-refractivity contribution in [3.05, 3.63) is 28.2 Å². The summed E-state index contributed by atoms with van der Waals surface area (Å²) in [7, 11) is 0. The number of H-pyrrole nitrogens is 1. The third-order valence-electron chi connectivity index (χ3n) is 2.83. The second-order valence-electron chi connectivity index (χ2n) is 5.44. The molecule has 102 valence electrons. The highest BCUT2D eigenvalue weighted by Crippen LogP contribution is 2.29. The highest BCUT2D eigenvalue weighted by molar-refractivity contribution is 5.91. The molecule has 2 rings (SSSR count). The average Bonchev–Trinajstić information content (AvgIpc) is 2.56. The smallest absolute Gasteiger partial charge is 0.417 e. The molecular formula is C13H16N2O4. The number of aryl methyl sites for hydroxylation is 1. The first-order valence-corrected chi connectivity index (χ1v) is 5.87. The predicted octanol–water partition coefficient (Wildman–Crippen LogP) is 2.71. The molecule has 0 aliphatic carbocycles. The Bertz CT molecular complexity index is 691. The molecule has 0 aliphatic heterocycles. The third kappa shape index (κ3) is 2.33. The van der Waals surface area contributed by atoms with E-state index in [1.54, 1.807) is 39.8 Å². The largest absolute Gasteiger partial charge is 0.465 e. The van der Waals surface area contributed by atoms with Gasteiger partial charge < -0.3 is 9.52 Å². The van der Waals surface area contributed by atoms with Crippen LogP contribution in [0.2, 0.25) is 0 Å². The van der Waals surface area contributed by atoms with Crippen molar-refractivity contribution in [1.82, 2.24) is 4.98 Å². The van der Waals surface area contributed by atoms with Gasteiger partial charge in [-0.3, -0.25) is 9.88 Å².